The minimum absolute atomic E-state index is 0.433. The monoisotopic (exact) mass is 366 g/mol. The Morgan fingerprint density at radius 3 is 2.70 bits per heavy atom. The molecule has 2 aromatic heterocycles. The maximum Gasteiger partial charge on any atom is 0.161 e. The van der Waals surface area contributed by atoms with Crippen molar-refractivity contribution in [1.82, 2.24) is 25.2 Å². The van der Waals surface area contributed by atoms with Gasteiger partial charge in [0.2, 0.25) is 0 Å². The molecule has 0 aliphatic carbocycles. The van der Waals surface area contributed by atoms with Gasteiger partial charge < -0.3 is 15.0 Å². The molecule has 2 saturated heterocycles. The average Bonchev–Trinajstić information content (AvgIpc) is 3.40. The fraction of sp³-hybridized carbons (Fsp3) is 0.550. The molecule has 0 radical (unpaired) electrons. The lowest BCUT2D eigenvalue weighted by atomic mass is 10.1. The first-order valence-corrected chi connectivity index (χ1v) is 9.96. The molecular weight excluding hydrogens is 340 g/mol. The Balaban J connectivity index is 1.35. The van der Waals surface area contributed by atoms with Crippen LogP contribution < -0.4 is 10.2 Å². The second-order valence-corrected chi connectivity index (χ2v) is 7.56. The zero-order valence-electron chi connectivity index (χ0n) is 15.6. The van der Waals surface area contributed by atoms with Crippen LogP contribution in [0.5, 0.6) is 0 Å². The van der Waals surface area contributed by atoms with Crippen molar-refractivity contribution in [3.8, 4) is 11.4 Å². The van der Waals surface area contributed by atoms with E-state index in [0.717, 1.165) is 75.3 Å². The first kappa shape index (κ1) is 17.0. The number of aromatic nitrogens is 3. The number of ether oxygens (including phenoxy) is 1. The second kappa shape index (κ2) is 7.50. The Morgan fingerprint density at radius 2 is 1.93 bits per heavy atom. The quantitative estimate of drug-likeness (QED) is 0.878. The molecule has 7 heteroatoms. The van der Waals surface area contributed by atoms with Gasteiger partial charge in [0.05, 0.1) is 11.8 Å². The van der Waals surface area contributed by atoms with Crippen molar-refractivity contribution >= 4 is 5.82 Å². The highest BCUT2D eigenvalue weighted by molar-refractivity contribution is 5.61. The van der Waals surface area contributed by atoms with Crippen molar-refractivity contribution in [3.63, 3.8) is 0 Å². The zero-order chi connectivity index (χ0) is 18.1. The molecule has 0 spiro atoms. The molecule has 27 heavy (non-hydrogen) atoms. The van der Waals surface area contributed by atoms with E-state index in [1.54, 1.807) is 12.4 Å². The summed E-state index contributed by atoms with van der Waals surface area (Å²) in [5.74, 6) is 1.91. The van der Waals surface area contributed by atoms with Crippen molar-refractivity contribution in [1.29, 1.82) is 0 Å². The summed E-state index contributed by atoms with van der Waals surface area (Å²) in [6.07, 6.45) is 6.45. The van der Waals surface area contributed by atoms with Gasteiger partial charge in [-0.1, -0.05) is 0 Å². The van der Waals surface area contributed by atoms with Crippen molar-refractivity contribution < 1.29 is 4.74 Å². The zero-order valence-corrected chi connectivity index (χ0v) is 15.6. The van der Waals surface area contributed by atoms with Crippen LogP contribution >= 0.6 is 0 Å². The number of nitrogens with one attached hydrogen (secondary N) is 1. The molecule has 2 fully saturated rings. The standard InChI is InChI=1S/C20H26N6O/c1-2-16(27-11-1)14-25-7-9-26(10-8-25)20-17-12-22-13-18(17)23-19(24-20)15-3-5-21-6-4-15/h3-6,16,22H,1-2,7-14H2/t16-/m1/s1. The fourth-order valence-corrected chi connectivity index (χ4v) is 4.26. The number of piperazine rings is 1. The molecule has 142 valence electrons. The lowest BCUT2D eigenvalue weighted by Crippen LogP contribution is -2.49. The third kappa shape index (κ3) is 3.54. The van der Waals surface area contributed by atoms with Gasteiger partial charge in [0.25, 0.3) is 0 Å². The number of nitrogens with zero attached hydrogens (tertiary/aromatic N) is 5. The van der Waals surface area contributed by atoms with Gasteiger partial charge in [0, 0.05) is 75.9 Å². The molecule has 0 aromatic carbocycles. The third-order valence-electron chi connectivity index (χ3n) is 5.76. The Morgan fingerprint density at radius 1 is 1.07 bits per heavy atom. The molecule has 3 aliphatic heterocycles. The van der Waals surface area contributed by atoms with E-state index >= 15 is 0 Å². The van der Waals surface area contributed by atoms with Crippen LogP contribution in [0, 0.1) is 0 Å². The summed E-state index contributed by atoms with van der Waals surface area (Å²) in [7, 11) is 0. The minimum Gasteiger partial charge on any atom is -0.377 e. The summed E-state index contributed by atoms with van der Waals surface area (Å²) >= 11 is 0. The van der Waals surface area contributed by atoms with Gasteiger partial charge in [-0.2, -0.15) is 0 Å². The van der Waals surface area contributed by atoms with Gasteiger partial charge in [-0.3, -0.25) is 9.88 Å². The lowest BCUT2D eigenvalue weighted by molar-refractivity contribution is 0.0712. The molecule has 1 N–H and O–H groups in total. The largest absolute Gasteiger partial charge is 0.377 e. The summed E-state index contributed by atoms with van der Waals surface area (Å²) in [6.45, 7) is 7.83. The van der Waals surface area contributed by atoms with E-state index < -0.39 is 0 Å². The minimum atomic E-state index is 0.433. The van der Waals surface area contributed by atoms with Gasteiger partial charge in [0.15, 0.2) is 5.82 Å². The predicted octanol–water partition coefficient (Wildman–Crippen LogP) is 1.44. The van der Waals surface area contributed by atoms with Crippen LogP contribution in [0.1, 0.15) is 24.1 Å². The van der Waals surface area contributed by atoms with Crippen LogP contribution in [-0.2, 0) is 17.8 Å². The number of hydrogen-bond donors (Lipinski definition) is 1. The van der Waals surface area contributed by atoms with Crippen LogP contribution in [0.3, 0.4) is 0 Å². The number of pyridine rings is 1. The third-order valence-corrected chi connectivity index (χ3v) is 5.76. The summed E-state index contributed by atoms with van der Waals surface area (Å²) in [4.78, 5) is 18.9. The molecule has 2 aromatic rings. The number of anilines is 1. The van der Waals surface area contributed by atoms with Crippen LogP contribution in [0.15, 0.2) is 24.5 Å². The highest BCUT2D eigenvalue weighted by Gasteiger charge is 2.27. The van der Waals surface area contributed by atoms with Crippen molar-refractivity contribution in [3.05, 3.63) is 35.8 Å². The van der Waals surface area contributed by atoms with Gasteiger partial charge in [0.1, 0.15) is 5.82 Å². The van der Waals surface area contributed by atoms with Crippen LogP contribution in [-0.4, -0.2) is 65.3 Å². The summed E-state index contributed by atoms with van der Waals surface area (Å²) in [5.41, 5.74) is 3.42. The summed E-state index contributed by atoms with van der Waals surface area (Å²) in [6, 6.07) is 3.96. The van der Waals surface area contributed by atoms with Gasteiger partial charge in [-0.15, -0.1) is 0 Å². The molecular formula is C20H26N6O. The molecule has 3 aliphatic rings. The Kier molecular flexibility index (Phi) is 4.73. The SMILES string of the molecule is c1cc(-c2nc3c(c(N4CCN(C[C@H]5CCCO5)CC4)n2)CNC3)ccn1. The number of hydrogen-bond acceptors (Lipinski definition) is 7. The van der Waals surface area contributed by atoms with Crippen molar-refractivity contribution in [2.45, 2.75) is 32.0 Å². The summed E-state index contributed by atoms with van der Waals surface area (Å²) < 4.78 is 5.80. The molecule has 0 amide bonds. The Bertz CT molecular complexity index is 785. The molecule has 5 heterocycles. The van der Waals surface area contributed by atoms with Gasteiger partial charge in [-0.05, 0) is 25.0 Å². The molecule has 1 atom stereocenters. The van der Waals surface area contributed by atoms with E-state index in [1.807, 2.05) is 12.1 Å². The lowest BCUT2D eigenvalue weighted by Gasteiger charge is -2.37. The first-order valence-electron chi connectivity index (χ1n) is 9.96. The van der Waals surface area contributed by atoms with Crippen molar-refractivity contribution in [2.24, 2.45) is 0 Å². The smallest absolute Gasteiger partial charge is 0.161 e. The van der Waals surface area contributed by atoms with E-state index in [2.05, 4.69) is 20.1 Å². The van der Waals surface area contributed by atoms with E-state index in [1.165, 1.54) is 18.4 Å². The number of rotatable bonds is 4. The molecule has 0 saturated carbocycles. The van der Waals surface area contributed by atoms with E-state index in [4.69, 9.17) is 14.7 Å². The number of fused-ring (bicyclic) bond motifs is 1. The second-order valence-electron chi connectivity index (χ2n) is 7.56. The van der Waals surface area contributed by atoms with Gasteiger partial charge >= 0.3 is 0 Å². The van der Waals surface area contributed by atoms with E-state index in [9.17, 15) is 0 Å². The van der Waals surface area contributed by atoms with Crippen LogP contribution in [0.25, 0.3) is 11.4 Å². The first-order chi connectivity index (χ1) is 13.4. The Labute approximate surface area is 159 Å². The van der Waals surface area contributed by atoms with E-state index in [-0.39, 0.29) is 0 Å². The summed E-state index contributed by atoms with van der Waals surface area (Å²) in [5, 5.41) is 3.43. The van der Waals surface area contributed by atoms with Gasteiger partial charge in [-0.25, -0.2) is 9.97 Å². The maximum absolute atomic E-state index is 5.80. The maximum atomic E-state index is 5.80. The van der Waals surface area contributed by atoms with Crippen molar-refractivity contribution in [2.75, 3.05) is 44.2 Å². The molecule has 0 unspecified atom stereocenters. The van der Waals surface area contributed by atoms with Crippen LogP contribution in [0.2, 0.25) is 0 Å². The highest BCUT2D eigenvalue weighted by Crippen LogP contribution is 2.29. The van der Waals surface area contributed by atoms with E-state index in [0.29, 0.717) is 6.10 Å². The topological polar surface area (TPSA) is 66.4 Å². The fourth-order valence-electron chi connectivity index (χ4n) is 4.26. The predicted molar refractivity (Wildman–Crippen MR) is 103 cm³/mol. The normalized spacial score (nSPS) is 23.0. The molecule has 7 nitrogen and oxygen atoms in total. The highest BCUT2D eigenvalue weighted by atomic mass is 16.5. The van der Waals surface area contributed by atoms with Crippen LogP contribution in [0.4, 0.5) is 5.82 Å². The average molecular weight is 366 g/mol. The molecule has 5 rings (SSSR count). The Hall–Kier alpha value is -2.09. The molecule has 0 bridgehead atoms.